The molecule has 2 unspecified atom stereocenters. The van der Waals surface area contributed by atoms with Crippen molar-refractivity contribution in [2.45, 2.75) is 64.6 Å². The van der Waals surface area contributed by atoms with Crippen LogP contribution in [-0.2, 0) is 13.2 Å². The number of fused-ring (bicyclic) bond motifs is 5. The third-order valence-electron chi connectivity index (χ3n) is 7.67. The molecule has 138 valence electrons. The van der Waals surface area contributed by atoms with E-state index in [9.17, 15) is 4.79 Å². The van der Waals surface area contributed by atoms with Crippen LogP contribution in [0.5, 0.6) is 0 Å². The summed E-state index contributed by atoms with van der Waals surface area (Å²) in [5.74, 6) is 1.17. The van der Waals surface area contributed by atoms with Gasteiger partial charge in [-0.1, -0.05) is 60.9 Å². The van der Waals surface area contributed by atoms with Crippen LogP contribution in [0.2, 0.25) is 0 Å². The van der Waals surface area contributed by atoms with Gasteiger partial charge in [-0.15, -0.1) is 0 Å². The average molecular weight is 392 g/mol. The summed E-state index contributed by atoms with van der Waals surface area (Å²) in [5.41, 5.74) is 2.45. The van der Waals surface area contributed by atoms with Gasteiger partial charge in [0, 0.05) is 23.7 Å². The smallest absolute Gasteiger partial charge is 0.209 e. The largest absolute Gasteiger partial charge is 0.324 e. The lowest BCUT2D eigenvalue weighted by molar-refractivity contribution is -0.127. The van der Waals surface area contributed by atoms with Gasteiger partial charge in [-0.2, -0.15) is 0 Å². The average Bonchev–Trinajstić information content (AvgIpc) is 2.99. The van der Waals surface area contributed by atoms with Gasteiger partial charge in [0.25, 0.3) is 0 Å². The highest BCUT2D eigenvalue weighted by molar-refractivity contribution is 8.16. The second-order valence-corrected chi connectivity index (χ2v) is 9.37. The fraction of sp³-hybridized carbons (Fsp3) is 0.737. The van der Waals surface area contributed by atoms with E-state index < -0.39 is 0 Å². The Balaban J connectivity index is 1.67. The van der Waals surface area contributed by atoms with Crippen LogP contribution in [0.3, 0.4) is 0 Å². The number of ketones is 1. The molecule has 2 radical (unpaired) electrons. The maximum absolute atomic E-state index is 12.6. The highest BCUT2D eigenvalue weighted by Gasteiger charge is 2.59. The summed E-state index contributed by atoms with van der Waals surface area (Å²) in [6, 6.07) is 0. The van der Waals surface area contributed by atoms with Crippen molar-refractivity contribution in [3.05, 3.63) is 23.3 Å². The minimum atomic E-state index is -0.189. The van der Waals surface area contributed by atoms with E-state index in [0.717, 1.165) is 55.9 Å². The lowest BCUT2D eigenvalue weighted by atomic mass is 9.50. The van der Waals surface area contributed by atoms with E-state index in [1.165, 1.54) is 25.3 Å². The summed E-state index contributed by atoms with van der Waals surface area (Å²) in [6.45, 7) is 4.48. The number of rotatable bonds is 6. The van der Waals surface area contributed by atoms with Gasteiger partial charge in [0.15, 0.2) is 0 Å². The first-order valence-electron chi connectivity index (χ1n) is 10.6. The number of hydrogen-bond donors (Lipinski definition) is 0. The van der Waals surface area contributed by atoms with Crippen molar-refractivity contribution in [3.8, 4) is 0 Å². The monoisotopic (exact) mass is 392 g/mol. The molecule has 0 bridgehead atoms. The summed E-state index contributed by atoms with van der Waals surface area (Å²) >= 11 is 2.16. The molecular weight excluding hydrogens is 362 g/mol. The van der Waals surface area contributed by atoms with Gasteiger partial charge in [-0.25, -0.2) is 0 Å². The van der Waals surface area contributed by atoms with E-state index in [4.69, 9.17) is 11.0 Å². The van der Waals surface area contributed by atoms with E-state index in [1.54, 1.807) is 0 Å². The van der Waals surface area contributed by atoms with E-state index in [2.05, 4.69) is 26.0 Å². The second-order valence-electron chi connectivity index (χ2n) is 8.60. The van der Waals surface area contributed by atoms with Crippen LogP contribution < -0.4 is 0 Å². The minimum Gasteiger partial charge on any atom is -0.324 e. The third-order valence-corrected chi connectivity index (χ3v) is 8.40. The SMILES string of the molecule is [3H][B]SO[C@@H]1CC2=CC=C3C(CC[C@]4(C)C(=O)CCC34)[C@@]2(C)[C@@H](OS[B][3H])C1. The quantitative estimate of drug-likeness (QED) is 0.508. The molecule has 0 heterocycles. The van der Waals surface area contributed by atoms with Crippen LogP contribution in [0.15, 0.2) is 23.3 Å². The number of Topliss-reactive ketones (excluding diaryl/α,β-unsaturated/α-hetero) is 1. The minimum absolute atomic E-state index is 0.000812. The number of carbonyl (C=O) groups excluding carboxylic acids is 1. The molecule has 4 aliphatic carbocycles. The van der Waals surface area contributed by atoms with Crippen molar-refractivity contribution in [2.24, 2.45) is 22.7 Å². The van der Waals surface area contributed by atoms with Crippen LogP contribution in [-0.4, -0.2) is 34.8 Å². The highest BCUT2D eigenvalue weighted by Crippen LogP contribution is 2.63. The number of carbonyl (C=O) groups is 1. The van der Waals surface area contributed by atoms with E-state index in [1.807, 2.05) is 0 Å². The van der Waals surface area contributed by atoms with Gasteiger partial charge >= 0.3 is 0 Å². The molecule has 3 nitrogen and oxygen atoms in total. The van der Waals surface area contributed by atoms with Gasteiger partial charge in [-0.3, -0.25) is 4.79 Å². The lowest BCUT2D eigenvalue weighted by Gasteiger charge is -2.56. The molecule has 0 aromatic rings. The lowest BCUT2D eigenvalue weighted by Crippen LogP contribution is -2.52. The van der Waals surface area contributed by atoms with Crippen molar-refractivity contribution in [1.29, 1.82) is 2.67 Å². The zero-order chi connectivity index (χ0) is 19.9. The van der Waals surface area contributed by atoms with Gasteiger partial charge in [-0.05, 0) is 40.2 Å². The molecule has 4 aliphatic rings. The zero-order valence-electron chi connectivity index (χ0n) is 17.4. The Kier molecular flexibility index (Phi) is 4.56. The van der Waals surface area contributed by atoms with E-state index in [0.29, 0.717) is 24.0 Å². The van der Waals surface area contributed by atoms with Crippen molar-refractivity contribution in [1.82, 2.24) is 0 Å². The molecule has 3 saturated carbocycles. The zero-order valence-corrected chi connectivity index (χ0v) is 17.0. The normalized spacial score (nSPS) is 45.4. The van der Waals surface area contributed by atoms with Crippen LogP contribution in [0.1, 0.15) is 52.4 Å². The van der Waals surface area contributed by atoms with Crippen LogP contribution in [0.25, 0.3) is 0 Å². The summed E-state index contributed by atoms with van der Waals surface area (Å²) < 4.78 is 26.5. The predicted molar refractivity (Wildman–Crippen MR) is 111 cm³/mol. The fourth-order valence-electron chi connectivity index (χ4n) is 6.14. The Morgan fingerprint density at radius 2 is 2.00 bits per heavy atom. The van der Waals surface area contributed by atoms with Gasteiger partial charge < -0.3 is 8.37 Å². The third kappa shape index (κ3) is 2.72. The summed E-state index contributed by atoms with van der Waals surface area (Å²) in [5, 5.41) is 0. The Bertz CT molecular complexity index is 707. The van der Waals surface area contributed by atoms with E-state index in [-0.39, 0.29) is 23.0 Å². The number of allylic oxidation sites excluding steroid dienone is 3. The second kappa shape index (κ2) is 7.06. The first kappa shape index (κ1) is 16.8. The molecule has 0 N–H and O–H groups in total. The first-order valence-corrected chi connectivity index (χ1v) is 11.0. The molecule has 26 heavy (non-hydrogen) atoms. The molecule has 4 rings (SSSR count). The van der Waals surface area contributed by atoms with Crippen LogP contribution in [0.4, 0.5) is 0 Å². The Hall–Kier alpha value is -0.100. The molecule has 7 heteroatoms. The maximum atomic E-state index is 12.6. The standard InChI is InChI=1S/C19H26B2O3S2/c1-18-8-7-15-13(14(18)5-6-16(18)22)4-3-11-9-12(23-25-20)10-17(24-26-21)19(11,15)2/h3-4,12,14-15,17,20-21H,5-10H2,1-2H3/t12-,14?,15?,17+,18+,19+/m1/s1/i20T,21T. The molecule has 0 aliphatic heterocycles. The molecule has 3 fully saturated rings. The first-order chi connectivity index (χ1) is 13.4. The van der Waals surface area contributed by atoms with Crippen LogP contribution >= 0.6 is 23.8 Å². The Morgan fingerprint density at radius 1 is 1.19 bits per heavy atom. The van der Waals surface area contributed by atoms with Gasteiger partial charge in [0.05, 0.1) is 12.2 Å². The fourth-order valence-corrected chi connectivity index (χ4v) is 6.86. The molecule has 0 aromatic heterocycles. The Labute approximate surface area is 170 Å². The Morgan fingerprint density at radius 3 is 2.81 bits per heavy atom. The molecule has 0 saturated heterocycles. The summed E-state index contributed by atoms with van der Waals surface area (Å²) in [6.07, 6.45) is 9.70. The highest BCUT2D eigenvalue weighted by atomic mass is 32.2. The molecule has 0 spiro atoms. The van der Waals surface area contributed by atoms with Crippen molar-refractivity contribution >= 4 is 43.7 Å². The summed E-state index contributed by atoms with van der Waals surface area (Å²) in [4.78, 5) is 12.6. The topological polar surface area (TPSA) is 35.5 Å². The van der Waals surface area contributed by atoms with Gasteiger partial charge in [0.2, 0.25) is 14.2 Å². The maximum Gasteiger partial charge on any atom is 0.209 e. The predicted octanol–water partition coefficient (Wildman–Crippen LogP) is 3.75. The van der Waals surface area contributed by atoms with Crippen molar-refractivity contribution < 1.29 is 13.2 Å². The molecule has 0 aromatic carbocycles. The van der Waals surface area contributed by atoms with E-state index >= 15 is 0 Å². The molecular formula is C19H26B2O3S2. The summed E-state index contributed by atoms with van der Waals surface area (Å²) in [7, 11) is 2.44. The molecule has 6 atom stereocenters. The van der Waals surface area contributed by atoms with Gasteiger partial charge in [0.1, 0.15) is 5.78 Å². The van der Waals surface area contributed by atoms with Crippen LogP contribution in [0, 0.1) is 22.7 Å². The van der Waals surface area contributed by atoms with Crippen molar-refractivity contribution in [2.75, 3.05) is 0 Å². The number of hydrogen-bond acceptors (Lipinski definition) is 5. The van der Waals surface area contributed by atoms with Crippen molar-refractivity contribution in [3.63, 3.8) is 0 Å². The molecule has 0 amide bonds.